The SMILES string of the molecule is CC(Cc1c(F)cccc1F)NC1CCC(C(C)C)CC1. The molecule has 0 heterocycles. The molecule has 1 saturated carbocycles. The van der Waals surface area contributed by atoms with Crippen LogP contribution in [0.4, 0.5) is 8.78 Å². The van der Waals surface area contributed by atoms with E-state index in [9.17, 15) is 8.78 Å². The van der Waals surface area contributed by atoms with Crippen molar-refractivity contribution in [1.29, 1.82) is 0 Å². The van der Waals surface area contributed by atoms with Crippen LogP contribution >= 0.6 is 0 Å². The molecule has 0 saturated heterocycles. The van der Waals surface area contributed by atoms with Crippen molar-refractivity contribution in [1.82, 2.24) is 5.32 Å². The molecule has 21 heavy (non-hydrogen) atoms. The van der Waals surface area contributed by atoms with Crippen LogP contribution in [0.3, 0.4) is 0 Å². The third kappa shape index (κ3) is 4.50. The molecule has 1 atom stereocenters. The van der Waals surface area contributed by atoms with Crippen LogP contribution in [0, 0.1) is 23.5 Å². The maximum absolute atomic E-state index is 13.7. The normalized spacial score (nSPS) is 24.3. The summed E-state index contributed by atoms with van der Waals surface area (Å²) in [7, 11) is 0. The summed E-state index contributed by atoms with van der Waals surface area (Å²) in [6.45, 7) is 6.60. The van der Waals surface area contributed by atoms with E-state index < -0.39 is 11.6 Å². The van der Waals surface area contributed by atoms with E-state index in [0.717, 1.165) is 11.8 Å². The van der Waals surface area contributed by atoms with Gasteiger partial charge in [-0.1, -0.05) is 19.9 Å². The molecule has 118 valence electrons. The first-order valence-corrected chi connectivity index (χ1v) is 8.16. The van der Waals surface area contributed by atoms with Gasteiger partial charge in [0, 0.05) is 17.6 Å². The second-order valence-corrected chi connectivity index (χ2v) is 6.83. The predicted octanol–water partition coefficient (Wildman–Crippen LogP) is 4.70. The fraction of sp³-hybridized carbons (Fsp3) is 0.667. The molecule has 1 unspecified atom stereocenters. The van der Waals surface area contributed by atoms with Gasteiger partial charge in [0.1, 0.15) is 11.6 Å². The molecule has 0 aromatic heterocycles. The highest BCUT2D eigenvalue weighted by atomic mass is 19.1. The molecule has 1 aliphatic rings. The van der Waals surface area contributed by atoms with E-state index >= 15 is 0 Å². The van der Waals surface area contributed by atoms with Crippen molar-refractivity contribution in [2.45, 2.75) is 65.0 Å². The minimum atomic E-state index is -0.438. The van der Waals surface area contributed by atoms with E-state index in [1.165, 1.54) is 43.9 Å². The maximum atomic E-state index is 13.7. The molecule has 0 amide bonds. The van der Waals surface area contributed by atoms with Crippen LogP contribution in [0.15, 0.2) is 18.2 Å². The molecule has 0 spiro atoms. The second kappa shape index (κ2) is 7.35. The van der Waals surface area contributed by atoms with Gasteiger partial charge in [-0.2, -0.15) is 0 Å². The quantitative estimate of drug-likeness (QED) is 0.830. The molecular formula is C18H27F2N. The van der Waals surface area contributed by atoms with Gasteiger partial charge in [0.25, 0.3) is 0 Å². The highest BCUT2D eigenvalue weighted by Gasteiger charge is 2.24. The van der Waals surface area contributed by atoms with Crippen molar-refractivity contribution in [2.24, 2.45) is 11.8 Å². The molecule has 1 fully saturated rings. The van der Waals surface area contributed by atoms with E-state index in [2.05, 4.69) is 19.2 Å². The van der Waals surface area contributed by atoms with E-state index in [1.54, 1.807) is 0 Å². The van der Waals surface area contributed by atoms with Gasteiger partial charge in [0.2, 0.25) is 0 Å². The molecule has 1 aromatic carbocycles. The van der Waals surface area contributed by atoms with Crippen LogP contribution in [0.1, 0.15) is 52.0 Å². The zero-order valence-electron chi connectivity index (χ0n) is 13.3. The Labute approximate surface area is 127 Å². The van der Waals surface area contributed by atoms with Gasteiger partial charge in [-0.05, 0) is 63.0 Å². The van der Waals surface area contributed by atoms with Crippen LogP contribution in [-0.2, 0) is 6.42 Å². The summed E-state index contributed by atoms with van der Waals surface area (Å²) in [4.78, 5) is 0. The van der Waals surface area contributed by atoms with E-state index in [1.807, 2.05) is 6.92 Å². The Kier molecular flexibility index (Phi) is 5.74. The lowest BCUT2D eigenvalue weighted by Crippen LogP contribution is -2.40. The van der Waals surface area contributed by atoms with Crippen LogP contribution in [-0.4, -0.2) is 12.1 Å². The number of benzene rings is 1. The fourth-order valence-corrected chi connectivity index (χ4v) is 3.45. The van der Waals surface area contributed by atoms with Gasteiger partial charge < -0.3 is 5.32 Å². The highest BCUT2D eigenvalue weighted by Crippen LogP contribution is 2.30. The lowest BCUT2D eigenvalue weighted by Gasteiger charge is -2.33. The van der Waals surface area contributed by atoms with E-state index in [4.69, 9.17) is 0 Å². The molecular weight excluding hydrogens is 268 g/mol. The Bertz CT molecular complexity index is 430. The summed E-state index contributed by atoms with van der Waals surface area (Å²) < 4.78 is 27.3. The van der Waals surface area contributed by atoms with Gasteiger partial charge in [0.05, 0.1) is 0 Å². The minimum absolute atomic E-state index is 0.0944. The van der Waals surface area contributed by atoms with Gasteiger partial charge in [-0.3, -0.25) is 0 Å². The summed E-state index contributed by atoms with van der Waals surface area (Å²) in [5.74, 6) is 0.720. The molecule has 0 aliphatic heterocycles. The van der Waals surface area contributed by atoms with Crippen LogP contribution < -0.4 is 5.32 Å². The Hall–Kier alpha value is -0.960. The zero-order chi connectivity index (χ0) is 15.4. The van der Waals surface area contributed by atoms with Crippen molar-refractivity contribution >= 4 is 0 Å². The van der Waals surface area contributed by atoms with E-state index in [-0.39, 0.29) is 11.6 Å². The van der Waals surface area contributed by atoms with Gasteiger partial charge in [-0.15, -0.1) is 0 Å². The number of hydrogen-bond donors (Lipinski definition) is 1. The Morgan fingerprint density at radius 1 is 1.05 bits per heavy atom. The number of halogens is 2. The highest BCUT2D eigenvalue weighted by molar-refractivity contribution is 5.20. The van der Waals surface area contributed by atoms with E-state index in [0.29, 0.717) is 12.5 Å². The first-order chi connectivity index (χ1) is 9.97. The molecule has 1 aromatic rings. The third-order valence-corrected chi connectivity index (χ3v) is 4.81. The predicted molar refractivity (Wildman–Crippen MR) is 83.2 cm³/mol. The van der Waals surface area contributed by atoms with Crippen molar-refractivity contribution in [3.05, 3.63) is 35.4 Å². The minimum Gasteiger partial charge on any atom is -0.311 e. The molecule has 3 heteroatoms. The number of rotatable bonds is 5. The zero-order valence-corrected chi connectivity index (χ0v) is 13.3. The maximum Gasteiger partial charge on any atom is 0.129 e. The standard InChI is InChI=1S/C18H27F2N/c1-12(2)14-7-9-15(10-8-14)21-13(3)11-16-17(19)5-4-6-18(16)20/h4-6,12-15,21H,7-11H2,1-3H3. The number of hydrogen-bond acceptors (Lipinski definition) is 1. The summed E-state index contributed by atoms with van der Waals surface area (Å²) in [5, 5.41) is 3.55. The molecule has 1 aliphatic carbocycles. The largest absolute Gasteiger partial charge is 0.311 e. The lowest BCUT2D eigenvalue weighted by atomic mass is 9.79. The first kappa shape index (κ1) is 16.4. The Morgan fingerprint density at radius 2 is 1.62 bits per heavy atom. The summed E-state index contributed by atoms with van der Waals surface area (Å²) in [5.41, 5.74) is 0.202. The first-order valence-electron chi connectivity index (χ1n) is 8.16. The van der Waals surface area contributed by atoms with Gasteiger partial charge >= 0.3 is 0 Å². The van der Waals surface area contributed by atoms with Crippen LogP contribution in [0.25, 0.3) is 0 Å². The molecule has 0 bridgehead atoms. The van der Waals surface area contributed by atoms with Crippen LogP contribution in [0.5, 0.6) is 0 Å². The smallest absolute Gasteiger partial charge is 0.129 e. The monoisotopic (exact) mass is 295 g/mol. The molecule has 0 radical (unpaired) electrons. The van der Waals surface area contributed by atoms with Gasteiger partial charge in [0.15, 0.2) is 0 Å². The second-order valence-electron chi connectivity index (χ2n) is 6.83. The Morgan fingerprint density at radius 3 is 2.14 bits per heavy atom. The molecule has 1 N–H and O–H groups in total. The molecule has 1 nitrogen and oxygen atoms in total. The summed E-state index contributed by atoms with van der Waals surface area (Å²) >= 11 is 0. The van der Waals surface area contributed by atoms with Crippen molar-refractivity contribution in [3.8, 4) is 0 Å². The Balaban J connectivity index is 1.84. The molecule has 2 rings (SSSR count). The number of nitrogens with one attached hydrogen (secondary N) is 1. The fourth-order valence-electron chi connectivity index (χ4n) is 3.45. The average molecular weight is 295 g/mol. The van der Waals surface area contributed by atoms with Gasteiger partial charge in [-0.25, -0.2) is 8.78 Å². The average Bonchev–Trinajstić information content (AvgIpc) is 2.43. The lowest BCUT2D eigenvalue weighted by molar-refractivity contribution is 0.230. The van der Waals surface area contributed by atoms with Crippen LogP contribution in [0.2, 0.25) is 0 Å². The van der Waals surface area contributed by atoms with Crippen molar-refractivity contribution in [3.63, 3.8) is 0 Å². The summed E-state index contributed by atoms with van der Waals surface area (Å²) in [6.07, 6.45) is 5.27. The van der Waals surface area contributed by atoms with Crippen molar-refractivity contribution in [2.75, 3.05) is 0 Å². The third-order valence-electron chi connectivity index (χ3n) is 4.81. The topological polar surface area (TPSA) is 12.0 Å². The van der Waals surface area contributed by atoms with Crippen molar-refractivity contribution < 1.29 is 8.78 Å². The summed E-state index contributed by atoms with van der Waals surface area (Å²) in [6, 6.07) is 4.67.